The van der Waals surface area contributed by atoms with Crippen molar-refractivity contribution in [2.45, 2.75) is 57.8 Å². The monoisotopic (exact) mass is 895 g/mol. The number of nitrogens with zero attached hydrogens (tertiary/aromatic N) is 1. The molecule has 0 unspecified atom stereocenters. The summed E-state index contributed by atoms with van der Waals surface area (Å²) in [4.78, 5) is 2.52. The minimum Gasteiger partial charge on any atom is -0.310 e. The molecule has 70 heavy (non-hydrogen) atoms. The Labute approximate surface area is 411 Å². The highest BCUT2D eigenvalue weighted by atomic mass is 15.1. The molecule has 3 aliphatic carbocycles. The van der Waals surface area contributed by atoms with Crippen LogP contribution < -0.4 is 4.90 Å². The number of fused-ring (bicyclic) bond motifs is 13. The van der Waals surface area contributed by atoms with Gasteiger partial charge < -0.3 is 4.90 Å². The fourth-order valence-electron chi connectivity index (χ4n) is 13.0. The fourth-order valence-corrected chi connectivity index (χ4v) is 13.0. The highest BCUT2D eigenvalue weighted by molar-refractivity contribution is 6.05. The smallest absolute Gasteiger partial charge is 0.0540 e. The molecule has 0 aliphatic heterocycles. The van der Waals surface area contributed by atoms with Crippen LogP contribution in [0.5, 0.6) is 0 Å². The van der Waals surface area contributed by atoms with Crippen LogP contribution in [0.15, 0.2) is 212 Å². The zero-order chi connectivity index (χ0) is 47.3. The van der Waals surface area contributed by atoms with Crippen LogP contribution in [0, 0.1) is 0 Å². The number of benzene rings is 11. The summed E-state index contributed by atoms with van der Waals surface area (Å²) in [6.07, 6.45) is 0. The van der Waals surface area contributed by atoms with Gasteiger partial charge in [-0.2, -0.15) is 0 Å². The van der Waals surface area contributed by atoms with Crippen molar-refractivity contribution in [1.29, 1.82) is 0 Å². The second-order valence-corrected chi connectivity index (χ2v) is 21.7. The van der Waals surface area contributed by atoms with Gasteiger partial charge in [-0.05, 0) is 182 Å². The number of para-hydroxylation sites is 1. The third-order valence-electron chi connectivity index (χ3n) is 16.8. The van der Waals surface area contributed by atoms with Crippen molar-refractivity contribution in [1.82, 2.24) is 0 Å². The summed E-state index contributed by atoms with van der Waals surface area (Å²) >= 11 is 0. The van der Waals surface area contributed by atoms with Crippen LogP contribution in [0.3, 0.4) is 0 Å². The first-order chi connectivity index (χ1) is 33.9. The van der Waals surface area contributed by atoms with Gasteiger partial charge >= 0.3 is 0 Å². The quantitative estimate of drug-likeness (QED) is 0.166. The second-order valence-electron chi connectivity index (χ2n) is 21.7. The molecule has 11 aromatic carbocycles. The summed E-state index contributed by atoms with van der Waals surface area (Å²) in [5, 5.41) is 7.72. The Kier molecular flexibility index (Phi) is 8.50. The predicted octanol–water partition coefficient (Wildman–Crippen LogP) is 18.9. The average molecular weight is 896 g/mol. The highest BCUT2D eigenvalue weighted by Gasteiger charge is 2.43. The van der Waals surface area contributed by atoms with Gasteiger partial charge in [0.1, 0.15) is 0 Å². The highest BCUT2D eigenvalue weighted by Crippen LogP contribution is 2.58. The lowest BCUT2D eigenvalue weighted by molar-refractivity contribution is 0.652. The van der Waals surface area contributed by atoms with Crippen molar-refractivity contribution in [2.75, 3.05) is 4.90 Å². The lowest BCUT2D eigenvalue weighted by atomic mass is 9.79. The van der Waals surface area contributed by atoms with E-state index < -0.39 is 0 Å². The maximum atomic E-state index is 2.56. The molecule has 0 N–H and O–H groups in total. The van der Waals surface area contributed by atoms with E-state index in [1.54, 1.807) is 0 Å². The van der Waals surface area contributed by atoms with Crippen LogP contribution in [0.25, 0.3) is 88.0 Å². The molecule has 0 heterocycles. The molecule has 0 fully saturated rings. The molecule has 3 aliphatic rings. The SMILES string of the molecule is CC1(C)c2cc(N(c3ccc4cc5c(cc4c3)C(C)(C)c3cc4ccccc4cc3-5)c3ccccc3-c3ccc(-c4ccccc4)cc3)ccc2-c2cc3c(cc21)-c1c(ccc2ccccc12)C3(C)C. The van der Waals surface area contributed by atoms with Crippen LogP contribution in [0.4, 0.5) is 17.1 Å². The van der Waals surface area contributed by atoms with Gasteiger partial charge in [0.15, 0.2) is 0 Å². The molecule has 0 radical (unpaired) electrons. The molecule has 0 spiro atoms. The normalized spacial score (nSPS) is 15.1. The van der Waals surface area contributed by atoms with Gasteiger partial charge in [0.2, 0.25) is 0 Å². The molecule has 334 valence electrons. The van der Waals surface area contributed by atoms with E-state index in [0.29, 0.717) is 0 Å². The second kappa shape index (κ2) is 14.5. The van der Waals surface area contributed by atoms with Gasteiger partial charge in [-0.25, -0.2) is 0 Å². The molecule has 14 rings (SSSR count). The first-order valence-corrected chi connectivity index (χ1v) is 25.0. The van der Waals surface area contributed by atoms with Gasteiger partial charge in [0, 0.05) is 33.2 Å². The van der Waals surface area contributed by atoms with Crippen molar-refractivity contribution in [3.63, 3.8) is 0 Å². The van der Waals surface area contributed by atoms with E-state index in [4.69, 9.17) is 0 Å². The Balaban J connectivity index is 0.938. The summed E-state index contributed by atoms with van der Waals surface area (Å²) in [6.45, 7) is 14.5. The molecule has 0 bridgehead atoms. The van der Waals surface area contributed by atoms with Crippen LogP contribution in [0.2, 0.25) is 0 Å². The number of anilines is 3. The fraction of sp³-hybridized carbons (Fsp3) is 0.130. The molecule has 0 saturated carbocycles. The Bertz CT molecular complexity index is 4010. The van der Waals surface area contributed by atoms with Crippen molar-refractivity contribution in [3.8, 4) is 55.6 Å². The molecular weight excluding hydrogens is 843 g/mol. The Morgan fingerprint density at radius 3 is 1.51 bits per heavy atom. The van der Waals surface area contributed by atoms with Crippen LogP contribution in [-0.4, -0.2) is 0 Å². The summed E-state index contributed by atoms with van der Waals surface area (Å²) in [7, 11) is 0. The van der Waals surface area contributed by atoms with E-state index in [1.807, 2.05) is 0 Å². The summed E-state index contributed by atoms with van der Waals surface area (Å²) < 4.78 is 0. The Morgan fingerprint density at radius 1 is 0.271 bits per heavy atom. The van der Waals surface area contributed by atoms with E-state index in [2.05, 4.69) is 259 Å². The molecule has 0 atom stereocenters. The first kappa shape index (κ1) is 41.0. The van der Waals surface area contributed by atoms with Crippen molar-refractivity contribution >= 4 is 49.4 Å². The maximum Gasteiger partial charge on any atom is 0.0540 e. The summed E-state index contributed by atoms with van der Waals surface area (Å²) in [6, 6.07) is 80.4. The first-order valence-electron chi connectivity index (χ1n) is 25.0. The van der Waals surface area contributed by atoms with Crippen LogP contribution in [-0.2, 0) is 16.2 Å². The molecule has 0 aromatic heterocycles. The van der Waals surface area contributed by atoms with Gasteiger partial charge in [-0.15, -0.1) is 0 Å². The van der Waals surface area contributed by atoms with Gasteiger partial charge in [-0.3, -0.25) is 0 Å². The number of hydrogen-bond donors (Lipinski definition) is 0. The topological polar surface area (TPSA) is 3.24 Å². The lowest BCUT2D eigenvalue weighted by Crippen LogP contribution is -2.17. The number of rotatable bonds is 5. The molecule has 1 heteroatoms. The third kappa shape index (κ3) is 5.79. The van der Waals surface area contributed by atoms with E-state index in [-0.39, 0.29) is 16.2 Å². The Morgan fingerprint density at radius 2 is 0.757 bits per heavy atom. The van der Waals surface area contributed by atoms with Gasteiger partial charge in [0.05, 0.1) is 5.69 Å². The average Bonchev–Trinajstić information content (AvgIpc) is 3.85. The van der Waals surface area contributed by atoms with E-state index in [9.17, 15) is 0 Å². The standard InChI is InChI=1S/C69H53N/c1-67(2)59-33-29-44-18-12-13-22-53(44)66(59)58-41-63-57(40-64(58)67)54-32-31-51(39-62(54)69(63,5)6)70(65-23-15-14-21-52(65)45-26-24-43(25-27-45)42-16-8-7-9-17-42)50-30-28-48-36-56-55-35-46-19-10-11-20-47(46)37-60(55)68(3,4)61(56)38-49(48)34-50/h7-41H,1-6H3. The maximum absolute atomic E-state index is 2.56. The molecule has 11 aromatic rings. The largest absolute Gasteiger partial charge is 0.310 e. The lowest BCUT2D eigenvalue weighted by Gasteiger charge is -2.30. The van der Waals surface area contributed by atoms with Gasteiger partial charge in [-0.1, -0.05) is 187 Å². The predicted molar refractivity (Wildman–Crippen MR) is 297 cm³/mol. The molecule has 0 amide bonds. The third-order valence-corrected chi connectivity index (χ3v) is 16.8. The van der Waals surface area contributed by atoms with Crippen molar-refractivity contribution < 1.29 is 0 Å². The summed E-state index contributed by atoms with van der Waals surface area (Å²) in [5.74, 6) is 0. The van der Waals surface area contributed by atoms with Crippen molar-refractivity contribution in [3.05, 3.63) is 246 Å². The summed E-state index contributed by atoms with van der Waals surface area (Å²) in [5.41, 5.74) is 24.3. The minimum absolute atomic E-state index is 0.112. The number of hydrogen-bond acceptors (Lipinski definition) is 1. The minimum atomic E-state index is -0.235. The molecular formula is C69H53N. The van der Waals surface area contributed by atoms with Crippen LogP contribution >= 0.6 is 0 Å². The van der Waals surface area contributed by atoms with Gasteiger partial charge in [0.25, 0.3) is 0 Å². The van der Waals surface area contributed by atoms with E-state index in [0.717, 1.165) is 17.1 Å². The van der Waals surface area contributed by atoms with Crippen molar-refractivity contribution in [2.24, 2.45) is 0 Å². The molecule has 1 nitrogen and oxygen atoms in total. The Hall–Kier alpha value is -8.00. The molecule has 0 saturated heterocycles. The van der Waals surface area contributed by atoms with E-state index >= 15 is 0 Å². The zero-order valence-electron chi connectivity index (χ0n) is 40.7. The van der Waals surface area contributed by atoms with Crippen LogP contribution in [0.1, 0.15) is 74.9 Å². The van der Waals surface area contributed by atoms with E-state index in [1.165, 1.54) is 121 Å². The zero-order valence-corrected chi connectivity index (χ0v) is 40.7.